The SMILES string of the molecule is CC(C)(C)C(O)C[Si](C)(C)C. The number of hydrogen-bond donors (Lipinski definition) is 1. The second-order valence-electron chi connectivity index (χ2n) is 5.65. The van der Waals surface area contributed by atoms with Crippen LogP contribution >= 0.6 is 0 Å². The van der Waals surface area contributed by atoms with Gasteiger partial charge in [0, 0.05) is 8.07 Å². The van der Waals surface area contributed by atoms with E-state index in [9.17, 15) is 5.11 Å². The molecule has 11 heavy (non-hydrogen) atoms. The van der Waals surface area contributed by atoms with Gasteiger partial charge >= 0.3 is 0 Å². The molecule has 0 amide bonds. The van der Waals surface area contributed by atoms with Crippen LogP contribution in [0.5, 0.6) is 0 Å². The van der Waals surface area contributed by atoms with Crippen molar-refractivity contribution in [1.29, 1.82) is 0 Å². The third-order valence-electron chi connectivity index (χ3n) is 1.81. The average Bonchev–Trinajstić information content (AvgIpc) is 1.56. The Kier molecular flexibility index (Phi) is 3.33. The first-order valence-corrected chi connectivity index (χ1v) is 8.02. The summed E-state index contributed by atoms with van der Waals surface area (Å²) in [5.74, 6) is 0. The van der Waals surface area contributed by atoms with Crippen molar-refractivity contribution in [3.63, 3.8) is 0 Å². The Morgan fingerprint density at radius 3 is 1.64 bits per heavy atom. The summed E-state index contributed by atoms with van der Waals surface area (Å²) in [6.45, 7) is 13.2. The van der Waals surface area contributed by atoms with E-state index in [2.05, 4.69) is 40.4 Å². The van der Waals surface area contributed by atoms with Crippen LogP contribution in [0.1, 0.15) is 20.8 Å². The van der Waals surface area contributed by atoms with E-state index < -0.39 is 8.07 Å². The second kappa shape index (κ2) is 3.28. The van der Waals surface area contributed by atoms with Crippen molar-refractivity contribution in [2.24, 2.45) is 5.41 Å². The highest BCUT2D eigenvalue weighted by atomic mass is 28.3. The van der Waals surface area contributed by atoms with E-state index in [-0.39, 0.29) is 11.5 Å². The van der Waals surface area contributed by atoms with Crippen LogP contribution in [0.2, 0.25) is 25.7 Å². The molecule has 0 saturated heterocycles. The first kappa shape index (κ1) is 11.2. The minimum absolute atomic E-state index is 0.0558. The Balaban J connectivity index is 3.99. The van der Waals surface area contributed by atoms with Gasteiger partial charge in [-0.25, -0.2) is 0 Å². The Labute approximate surface area is 71.8 Å². The maximum atomic E-state index is 9.76. The summed E-state index contributed by atoms with van der Waals surface area (Å²) in [7, 11) is -1.08. The standard InChI is InChI=1S/C9H22OSi/c1-9(2,3)8(10)7-11(4,5)6/h8,10H,7H2,1-6H3. The molecule has 1 unspecified atom stereocenters. The third kappa shape index (κ3) is 5.45. The molecule has 0 saturated carbocycles. The highest BCUT2D eigenvalue weighted by Crippen LogP contribution is 2.26. The van der Waals surface area contributed by atoms with Gasteiger partial charge in [0.1, 0.15) is 0 Å². The van der Waals surface area contributed by atoms with Gasteiger partial charge in [-0.2, -0.15) is 0 Å². The lowest BCUT2D eigenvalue weighted by molar-refractivity contribution is 0.0788. The van der Waals surface area contributed by atoms with Gasteiger partial charge in [0.05, 0.1) is 6.10 Å². The van der Waals surface area contributed by atoms with Crippen molar-refractivity contribution in [3.05, 3.63) is 0 Å². The molecule has 1 atom stereocenters. The summed E-state index contributed by atoms with van der Waals surface area (Å²) in [6.07, 6.45) is -0.130. The predicted octanol–water partition coefficient (Wildman–Crippen LogP) is 2.73. The molecule has 1 nitrogen and oxygen atoms in total. The molecule has 1 N–H and O–H groups in total. The molecule has 0 fully saturated rings. The quantitative estimate of drug-likeness (QED) is 0.638. The van der Waals surface area contributed by atoms with Crippen LogP contribution in [0.3, 0.4) is 0 Å². The minimum Gasteiger partial charge on any atom is -0.393 e. The Morgan fingerprint density at radius 2 is 1.55 bits per heavy atom. The van der Waals surface area contributed by atoms with E-state index in [0.717, 1.165) is 6.04 Å². The zero-order valence-electron chi connectivity index (χ0n) is 8.73. The van der Waals surface area contributed by atoms with Crippen LogP contribution in [0, 0.1) is 5.41 Å². The Bertz CT molecular complexity index is 119. The van der Waals surface area contributed by atoms with E-state index in [0.29, 0.717) is 0 Å². The highest BCUT2D eigenvalue weighted by molar-refractivity contribution is 6.76. The lowest BCUT2D eigenvalue weighted by Crippen LogP contribution is -2.34. The third-order valence-corrected chi connectivity index (χ3v) is 3.42. The number of aliphatic hydroxyl groups is 1. The molecule has 0 aromatic heterocycles. The lowest BCUT2D eigenvalue weighted by atomic mass is 9.90. The molecule has 0 spiro atoms. The van der Waals surface area contributed by atoms with Crippen molar-refractivity contribution in [2.75, 3.05) is 0 Å². The Morgan fingerprint density at radius 1 is 1.18 bits per heavy atom. The molecular weight excluding hydrogens is 152 g/mol. The van der Waals surface area contributed by atoms with Gasteiger partial charge in [0.15, 0.2) is 0 Å². The van der Waals surface area contributed by atoms with E-state index in [1.807, 2.05) is 0 Å². The van der Waals surface area contributed by atoms with E-state index >= 15 is 0 Å². The molecule has 68 valence electrons. The molecule has 0 aromatic rings. The largest absolute Gasteiger partial charge is 0.393 e. The fourth-order valence-corrected chi connectivity index (χ4v) is 2.66. The molecule has 0 heterocycles. The molecular formula is C9H22OSi. The summed E-state index contributed by atoms with van der Waals surface area (Å²) in [6, 6.07) is 1.01. The molecule has 0 radical (unpaired) electrons. The van der Waals surface area contributed by atoms with E-state index in [1.165, 1.54) is 0 Å². The number of aliphatic hydroxyl groups excluding tert-OH is 1. The van der Waals surface area contributed by atoms with Crippen LogP contribution < -0.4 is 0 Å². The van der Waals surface area contributed by atoms with Gasteiger partial charge in [-0.15, -0.1) is 0 Å². The zero-order chi connectivity index (χ0) is 9.28. The normalized spacial score (nSPS) is 16.6. The van der Waals surface area contributed by atoms with Gasteiger partial charge < -0.3 is 5.11 Å². The smallest absolute Gasteiger partial charge is 0.0565 e. The number of rotatable bonds is 2. The van der Waals surface area contributed by atoms with Crippen LogP contribution in [-0.2, 0) is 0 Å². The molecule has 0 bridgehead atoms. The van der Waals surface area contributed by atoms with Crippen molar-refractivity contribution in [1.82, 2.24) is 0 Å². The van der Waals surface area contributed by atoms with Crippen molar-refractivity contribution in [3.8, 4) is 0 Å². The van der Waals surface area contributed by atoms with Gasteiger partial charge in [-0.05, 0) is 11.5 Å². The molecule has 0 aliphatic carbocycles. The maximum absolute atomic E-state index is 9.76. The maximum Gasteiger partial charge on any atom is 0.0565 e. The van der Waals surface area contributed by atoms with Crippen LogP contribution in [0.25, 0.3) is 0 Å². The monoisotopic (exact) mass is 174 g/mol. The zero-order valence-corrected chi connectivity index (χ0v) is 9.73. The fraction of sp³-hybridized carbons (Fsp3) is 1.00. The van der Waals surface area contributed by atoms with E-state index in [1.54, 1.807) is 0 Å². The Hall–Kier alpha value is 0.177. The molecule has 2 heteroatoms. The average molecular weight is 174 g/mol. The molecule has 0 aromatic carbocycles. The second-order valence-corrected chi connectivity index (χ2v) is 11.2. The van der Waals surface area contributed by atoms with Gasteiger partial charge in [-0.3, -0.25) is 0 Å². The van der Waals surface area contributed by atoms with Gasteiger partial charge in [0.2, 0.25) is 0 Å². The summed E-state index contributed by atoms with van der Waals surface area (Å²) in [4.78, 5) is 0. The summed E-state index contributed by atoms with van der Waals surface area (Å²) < 4.78 is 0. The van der Waals surface area contributed by atoms with Gasteiger partial charge in [0.25, 0.3) is 0 Å². The first-order chi connectivity index (χ1) is 4.63. The molecule has 0 aliphatic heterocycles. The van der Waals surface area contributed by atoms with E-state index in [4.69, 9.17) is 0 Å². The predicted molar refractivity (Wildman–Crippen MR) is 53.6 cm³/mol. The molecule has 0 aliphatic rings. The highest BCUT2D eigenvalue weighted by Gasteiger charge is 2.27. The lowest BCUT2D eigenvalue weighted by Gasteiger charge is -2.30. The van der Waals surface area contributed by atoms with Crippen LogP contribution in [-0.4, -0.2) is 19.3 Å². The summed E-state index contributed by atoms with van der Waals surface area (Å²) in [5, 5.41) is 9.76. The van der Waals surface area contributed by atoms with Crippen LogP contribution in [0.4, 0.5) is 0 Å². The fourth-order valence-electron chi connectivity index (χ4n) is 0.886. The topological polar surface area (TPSA) is 20.2 Å². The van der Waals surface area contributed by atoms with Crippen molar-refractivity contribution >= 4 is 8.07 Å². The van der Waals surface area contributed by atoms with Gasteiger partial charge in [-0.1, -0.05) is 40.4 Å². The minimum atomic E-state index is -1.08. The number of hydrogen-bond acceptors (Lipinski definition) is 1. The summed E-state index contributed by atoms with van der Waals surface area (Å²) >= 11 is 0. The summed E-state index contributed by atoms with van der Waals surface area (Å²) in [5.41, 5.74) is 0.0558. The van der Waals surface area contributed by atoms with Crippen molar-refractivity contribution in [2.45, 2.75) is 52.6 Å². The van der Waals surface area contributed by atoms with Crippen LogP contribution in [0.15, 0.2) is 0 Å². The van der Waals surface area contributed by atoms with Crippen molar-refractivity contribution < 1.29 is 5.11 Å². The molecule has 0 rings (SSSR count). The first-order valence-electron chi connectivity index (χ1n) is 4.31.